The number of anilines is 2. The topological polar surface area (TPSA) is 18.5 Å². The Hall–Kier alpha value is -1.22. The lowest BCUT2D eigenvalue weighted by Gasteiger charge is -2.20. The summed E-state index contributed by atoms with van der Waals surface area (Å²) in [5, 5.41) is 3.71. The minimum atomic E-state index is 0.623. The Morgan fingerprint density at radius 1 is 1.21 bits per heavy atom. The predicted molar refractivity (Wildman–Crippen MR) is 82.1 cm³/mol. The van der Waals surface area contributed by atoms with E-state index in [1.54, 1.807) is 0 Å². The Kier molecular flexibility index (Phi) is 3.40. The third-order valence-electron chi connectivity index (χ3n) is 4.34. The second-order valence-corrected chi connectivity index (χ2v) is 6.25. The number of benzene rings is 1. The van der Waals surface area contributed by atoms with E-state index in [0.717, 1.165) is 6.04 Å². The highest BCUT2D eigenvalue weighted by Crippen LogP contribution is 2.31. The second-order valence-electron chi connectivity index (χ2n) is 6.25. The molecule has 0 amide bonds. The third-order valence-corrected chi connectivity index (χ3v) is 4.34. The van der Waals surface area contributed by atoms with Gasteiger partial charge in [-0.05, 0) is 43.9 Å². The van der Waals surface area contributed by atoms with Gasteiger partial charge in [-0.3, -0.25) is 4.90 Å². The average Bonchev–Trinajstić information content (AvgIpc) is 3.12. The number of nitrogens with one attached hydrogen (secondary N) is 1. The van der Waals surface area contributed by atoms with Crippen molar-refractivity contribution in [3.05, 3.63) is 23.8 Å². The molecule has 0 aromatic heterocycles. The van der Waals surface area contributed by atoms with E-state index in [1.165, 1.54) is 49.3 Å². The predicted octanol–water partition coefficient (Wildman–Crippen LogP) is 2.71. The fourth-order valence-electron chi connectivity index (χ4n) is 3.09. The molecule has 1 aliphatic heterocycles. The van der Waals surface area contributed by atoms with Crippen molar-refractivity contribution in [1.29, 1.82) is 0 Å². The molecule has 1 unspecified atom stereocenters. The smallest absolute Gasteiger partial charge is 0.0411 e. The Morgan fingerprint density at radius 3 is 2.68 bits per heavy atom. The number of hydrogen-bond acceptors (Lipinski definition) is 3. The Balaban J connectivity index is 1.65. The maximum atomic E-state index is 3.71. The fourth-order valence-corrected chi connectivity index (χ4v) is 3.09. The number of hydrogen-bond donors (Lipinski definition) is 1. The van der Waals surface area contributed by atoms with Crippen LogP contribution in [0.25, 0.3) is 0 Å². The van der Waals surface area contributed by atoms with Gasteiger partial charge in [0.2, 0.25) is 0 Å². The van der Waals surface area contributed by atoms with Crippen LogP contribution in [0.2, 0.25) is 0 Å². The van der Waals surface area contributed by atoms with Crippen LogP contribution in [-0.2, 0) is 0 Å². The van der Waals surface area contributed by atoms with Crippen molar-refractivity contribution in [3.63, 3.8) is 0 Å². The molecular weight excluding hydrogens is 234 g/mol. The first-order valence-corrected chi connectivity index (χ1v) is 7.42. The summed E-state index contributed by atoms with van der Waals surface area (Å²) in [6.45, 7) is 4.66. The molecule has 1 heterocycles. The average molecular weight is 259 g/mol. The van der Waals surface area contributed by atoms with Crippen LogP contribution in [0.4, 0.5) is 11.4 Å². The number of aryl methyl sites for hydroxylation is 1. The molecule has 0 bridgehead atoms. The van der Waals surface area contributed by atoms with E-state index < -0.39 is 0 Å². The van der Waals surface area contributed by atoms with Crippen LogP contribution < -0.4 is 10.2 Å². The lowest BCUT2D eigenvalue weighted by atomic mass is 10.1. The maximum Gasteiger partial charge on any atom is 0.0411 e. The van der Waals surface area contributed by atoms with Crippen molar-refractivity contribution < 1.29 is 0 Å². The van der Waals surface area contributed by atoms with Crippen LogP contribution >= 0.6 is 0 Å². The zero-order valence-electron chi connectivity index (χ0n) is 12.3. The van der Waals surface area contributed by atoms with Crippen LogP contribution in [0, 0.1) is 6.92 Å². The summed E-state index contributed by atoms with van der Waals surface area (Å²) in [6, 6.07) is 8.23. The monoisotopic (exact) mass is 259 g/mol. The molecule has 3 rings (SSSR count). The van der Waals surface area contributed by atoms with Gasteiger partial charge in [0, 0.05) is 50.6 Å². The standard InChI is InChI=1S/C16H25N3/c1-12-4-5-13(10-16(12)18(2)3)17-14-8-9-19(11-14)15-6-7-15/h4-5,10,14-15,17H,6-9,11H2,1-3H3. The molecule has 2 fully saturated rings. The molecule has 104 valence electrons. The maximum absolute atomic E-state index is 3.71. The third kappa shape index (κ3) is 2.86. The Bertz CT molecular complexity index is 451. The number of likely N-dealkylation sites (tertiary alicyclic amines) is 1. The lowest BCUT2D eigenvalue weighted by molar-refractivity contribution is 0.326. The quantitative estimate of drug-likeness (QED) is 0.897. The molecule has 1 N–H and O–H groups in total. The Labute approximate surface area is 116 Å². The van der Waals surface area contributed by atoms with E-state index in [2.05, 4.69) is 54.3 Å². The van der Waals surface area contributed by atoms with Crippen molar-refractivity contribution in [3.8, 4) is 0 Å². The van der Waals surface area contributed by atoms with Crippen molar-refractivity contribution in [2.45, 2.75) is 38.3 Å². The summed E-state index contributed by atoms with van der Waals surface area (Å²) in [5.41, 5.74) is 3.90. The highest BCUT2D eigenvalue weighted by atomic mass is 15.2. The second kappa shape index (κ2) is 5.04. The van der Waals surface area contributed by atoms with Gasteiger partial charge in [0.1, 0.15) is 0 Å². The van der Waals surface area contributed by atoms with E-state index in [1.807, 2.05) is 0 Å². The van der Waals surface area contributed by atoms with Crippen LogP contribution in [0.15, 0.2) is 18.2 Å². The van der Waals surface area contributed by atoms with Gasteiger partial charge >= 0.3 is 0 Å². The van der Waals surface area contributed by atoms with Gasteiger partial charge in [-0.15, -0.1) is 0 Å². The van der Waals surface area contributed by atoms with Gasteiger partial charge in [-0.2, -0.15) is 0 Å². The van der Waals surface area contributed by atoms with Crippen LogP contribution in [0.3, 0.4) is 0 Å². The SMILES string of the molecule is Cc1ccc(NC2CCN(C3CC3)C2)cc1N(C)C. The molecule has 0 spiro atoms. The first kappa shape index (κ1) is 12.8. The zero-order chi connectivity index (χ0) is 13.4. The van der Waals surface area contributed by atoms with Crippen molar-refractivity contribution in [2.75, 3.05) is 37.4 Å². The minimum absolute atomic E-state index is 0.623. The van der Waals surface area contributed by atoms with Gasteiger partial charge < -0.3 is 10.2 Å². The summed E-state index contributed by atoms with van der Waals surface area (Å²) in [5.74, 6) is 0. The van der Waals surface area contributed by atoms with Crippen LogP contribution in [0.5, 0.6) is 0 Å². The van der Waals surface area contributed by atoms with E-state index in [-0.39, 0.29) is 0 Å². The molecule has 1 saturated carbocycles. The normalized spacial score (nSPS) is 23.6. The summed E-state index contributed by atoms with van der Waals surface area (Å²) >= 11 is 0. The first-order valence-electron chi connectivity index (χ1n) is 7.42. The van der Waals surface area contributed by atoms with E-state index in [4.69, 9.17) is 0 Å². The molecule has 1 aromatic carbocycles. The highest BCUT2D eigenvalue weighted by Gasteiger charge is 2.34. The highest BCUT2D eigenvalue weighted by molar-refractivity contribution is 5.62. The van der Waals surface area contributed by atoms with Gasteiger partial charge in [0.15, 0.2) is 0 Å². The van der Waals surface area contributed by atoms with Gasteiger partial charge in [0.25, 0.3) is 0 Å². The van der Waals surface area contributed by atoms with E-state index in [0.29, 0.717) is 6.04 Å². The van der Waals surface area contributed by atoms with E-state index in [9.17, 15) is 0 Å². The molecule has 2 aliphatic rings. The zero-order valence-corrected chi connectivity index (χ0v) is 12.3. The van der Waals surface area contributed by atoms with Gasteiger partial charge in [-0.25, -0.2) is 0 Å². The molecule has 3 heteroatoms. The molecule has 1 atom stereocenters. The molecule has 1 saturated heterocycles. The number of rotatable bonds is 4. The minimum Gasteiger partial charge on any atom is -0.381 e. The first-order chi connectivity index (χ1) is 9.13. The summed E-state index contributed by atoms with van der Waals surface area (Å²) in [6.07, 6.45) is 4.12. The van der Waals surface area contributed by atoms with Crippen molar-refractivity contribution in [2.24, 2.45) is 0 Å². The summed E-state index contributed by atoms with van der Waals surface area (Å²) in [7, 11) is 4.22. The molecule has 1 aromatic rings. The fraction of sp³-hybridized carbons (Fsp3) is 0.625. The molecule has 1 aliphatic carbocycles. The van der Waals surface area contributed by atoms with Crippen LogP contribution in [-0.4, -0.2) is 44.2 Å². The molecular formula is C16H25N3. The molecule has 3 nitrogen and oxygen atoms in total. The van der Waals surface area contributed by atoms with Gasteiger partial charge in [-0.1, -0.05) is 6.07 Å². The number of nitrogens with zero attached hydrogens (tertiary/aromatic N) is 2. The Morgan fingerprint density at radius 2 is 2.00 bits per heavy atom. The summed E-state index contributed by atoms with van der Waals surface area (Å²) < 4.78 is 0. The van der Waals surface area contributed by atoms with E-state index >= 15 is 0 Å². The largest absolute Gasteiger partial charge is 0.381 e. The van der Waals surface area contributed by atoms with Gasteiger partial charge in [0.05, 0.1) is 0 Å². The van der Waals surface area contributed by atoms with Crippen LogP contribution in [0.1, 0.15) is 24.8 Å². The molecule has 19 heavy (non-hydrogen) atoms. The van der Waals surface area contributed by atoms with Crippen molar-refractivity contribution in [1.82, 2.24) is 4.90 Å². The summed E-state index contributed by atoms with van der Waals surface area (Å²) in [4.78, 5) is 4.84. The van der Waals surface area contributed by atoms with Crippen molar-refractivity contribution >= 4 is 11.4 Å². The molecule has 0 radical (unpaired) electrons. The lowest BCUT2D eigenvalue weighted by Crippen LogP contribution is -2.27.